The summed E-state index contributed by atoms with van der Waals surface area (Å²) in [6, 6.07) is 0. The minimum Gasteiger partial charge on any atom is -0.462 e. The highest BCUT2D eigenvalue weighted by Crippen LogP contribution is 2.00. The molecule has 0 rings (SSSR count). The lowest BCUT2D eigenvalue weighted by molar-refractivity contribution is -0.135. The van der Waals surface area contributed by atoms with Crippen molar-refractivity contribution in [2.45, 2.75) is 33.5 Å². The number of esters is 1. The first-order valence-corrected chi connectivity index (χ1v) is 8.25. The van der Waals surface area contributed by atoms with E-state index in [0.717, 1.165) is 6.17 Å². The molecule has 0 heterocycles. The zero-order valence-corrected chi connectivity index (χ0v) is 10.2. The third-order valence-electron chi connectivity index (χ3n) is 1.36. The van der Waals surface area contributed by atoms with Crippen molar-refractivity contribution in [2.75, 3.05) is 12.8 Å². The quantitative estimate of drug-likeness (QED) is 0.396. The van der Waals surface area contributed by atoms with Gasteiger partial charge in [0, 0.05) is 6.17 Å². The zero-order valence-electron chi connectivity index (χ0n) is 9.18. The summed E-state index contributed by atoms with van der Waals surface area (Å²) in [4.78, 5) is 15.3. The highest BCUT2D eigenvalue weighted by atomic mass is 28.3. The Morgan fingerprint density at radius 2 is 1.92 bits per heavy atom. The molecule has 0 radical (unpaired) electrons. The molecule has 0 bridgehead atoms. The van der Waals surface area contributed by atoms with Crippen LogP contribution in [0, 0.1) is 0 Å². The summed E-state index contributed by atoms with van der Waals surface area (Å²) in [5, 5.41) is 0. The molecule has 0 aromatic rings. The van der Waals surface area contributed by atoms with Gasteiger partial charge in [-0.1, -0.05) is 19.6 Å². The molecular formula is C9H19NO2Si. The van der Waals surface area contributed by atoms with E-state index in [2.05, 4.69) is 24.6 Å². The molecule has 0 aliphatic heterocycles. The van der Waals surface area contributed by atoms with Crippen LogP contribution in [0.5, 0.6) is 0 Å². The van der Waals surface area contributed by atoms with E-state index in [9.17, 15) is 4.79 Å². The second-order valence-electron chi connectivity index (χ2n) is 4.18. The topological polar surface area (TPSA) is 38.7 Å². The molecule has 0 aliphatic carbocycles. The first-order valence-electron chi connectivity index (χ1n) is 4.55. The highest BCUT2D eigenvalue weighted by molar-refractivity contribution is 6.76. The molecule has 4 heteroatoms. The number of rotatable bonds is 4. The molecule has 0 amide bonds. The molecule has 0 saturated heterocycles. The second-order valence-corrected chi connectivity index (χ2v) is 9.62. The fourth-order valence-corrected chi connectivity index (χ4v) is 1.37. The van der Waals surface area contributed by atoms with Crippen molar-refractivity contribution in [2.24, 2.45) is 4.99 Å². The molecule has 0 saturated carbocycles. The molecule has 0 aromatic carbocycles. The van der Waals surface area contributed by atoms with Crippen molar-refractivity contribution in [3.8, 4) is 0 Å². The van der Waals surface area contributed by atoms with E-state index in [1.807, 2.05) is 0 Å². The van der Waals surface area contributed by atoms with Gasteiger partial charge in [0.15, 0.2) is 0 Å². The number of hydrogen-bond acceptors (Lipinski definition) is 3. The van der Waals surface area contributed by atoms with E-state index in [4.69, 9.17) is 4.74 Å². The van der Waals surface area contributed by atoms with Crippen LogP contribution < -0.4 is 0 Å². The number of nitrogens with zero attached hydrogens (tertiary/aromatic N) is 1. The SMILES string of the molecule is CCOC(=O)/C(C)=N/C[Si](C)(C)C. The molecule has 0 aromatic heterocycles. The van der Waals surface area contributed by atoms with Gasteiger partial charge in [-0.15, -0.1) is 0 Å². The van der Waals surface area contributed by atoms with Crippen LogP contribution >= 0.6 is 0 Å². The maximum absolute atomic E-state index is 11.1. The predicted molar refractivity (Wildman–Crippen MR) is 58.0 cm³/mol. The molecule has 0 N–H and O–H groups in total. The molecular weight excluding hydrogens is 182 g/mol. The number of ether oxygens (including phenoxy) is 1. The first kappa shape index (κ1) is 12.4. The summed E-state index contributed by atoms with van der Waals surface area (Å²) in [6.45, 7) is 10.6. The van der Waals surface area contributed by atoms with E-state index in [1.165, 1.54) is 0 Å². The Balaban J connectivity index is 4.09. The number of hydrogen-bond donors (Lipinski definition) is 0. The van der Waals surface area contributed by atoms with E-state index in [0.29, 0.717) is 12.3 Å². The Bertz CT molecular complexity index is 206. The summed E-state index contributed by atoms with van der Waals surface area (Å²) in [6.07, 6.45) is 0.789. The van der Waals surface area contributed by atoms with Gasteiger partial charge in [-0.25, -0.2) is 4.79 Å². The van der Waals surface area contributed by atoms with Crippen LogP contribution in [0.1, 0.15) is 13.8 Å². The lowest BCUT2D eigenvalue weighted by atomic mass is 10.4. The normalized spacial score (nSPS) is 12.8. The molecule has 0 fully saturated rings. The summed E-state index contributed by atoms with van der Waals surface area (Å²) in [5.74, 6) is -0.291. The summed E-state index contributed by atoms with van der Waals surface area (Å²) in [5.41, 5.74) is 0.490. The summed E-state index contributed by atoms with van der Waals surface area (Å²) < 4.78 is 4.81. The highest BCUT2D eigenvalue weighted by Gasteiger charge is 2.13. The minimum atomic E-state index is -1.18. The first-order chi connectivity index (χ1) is 5.87. The Kier molecular flexibility index (Phi) is 4.91. The zero-order chi connectivity index (χ0) is 10.5. The van der Waals surface area contributed by atoms with Gasteiger partial charge in [0.25, 0.3) is 0 Å². The fraction of sp³-hybridized carbons (Fsp3) is 0.778. The molecule has 0 atom stereocenters. The summed E-state index contributed by atoms with van der Waals surface area (Å²) >= 11 is 0. The maximum Gasteiger partial charge on any atom is 0.351 e. The van der Waals surface area contributed by atoms with Crippen LogP contribution in [-0.4, -0.2) is 32.5 Å². The third-order valence-corrected chi connectivity index (χ3v) is 2.47. The Hall–Kier alpha value is -0.643. The number of carbonyl (C=O) groups excluding carboxylic acids is 1. The number of aliphatic imine (C=N–C) groups is 1. The van der Waals surface area contributed by atoms with Gasteiger partial charge in [0.05, 0.1) is 14.7 Å². The van der Waals surface area contributed by atoms with E-state index in [-0.39, 0.29) is 5.97 Å². The molecule has 0 aliphatic rings. The van der Waals surface area contributed by atoms with Crippen LogP contribution in [0.2, 0.25) is 19.6 Å². The van der Waals surface area contributed by atoms with Gasteiger partial charge >= 0.3 is 5.97 Å². The Morgan fingerprint density at radius 3 is 2.31 bits per heavy atom. The van der Waals surface area contributed by atoms with Gasteiger partial charge in [0.2, 0.25) is 0 Å². The van der Waals surface area contributed by atoms with Gasteiger partial charge in [-0.05, 0) is 13.8 Å². The standard InChI is InChI=1S/C9H19NO2Si/c1-6-12-9(11)8(2)10-7-13(3,4)5/h6-7H2,1-5H3/b10-8+. The van der Waals surface area contributed by atoms with Gasteiger partial charge in [0.1, 0.15) is 5.71 Å². The second kappa shape index (κ2) is 5.17. The molecule has 0 unspecified atom stereocenters. The van der Waals surface area contributed by atoms with Crippen molar-refractivity contribution >= 4 is 19.8 Å². The van der Waals surface area contributed by atoms with Crippen molar-refractivity contribution in [3.63, 3.8) is 0 Å². The van der Waals surface area contributed by atoms with Crippen molar-refractivity contribution in [1.29, 1.82) is 0 Å². The van der Waals surface area contributed by atoms with Crippen LogP contribution in [0.15, 0.2) is 4.99 Å². The smallest absolute Gasteiger partial charge is 0.351 e. The molecule has 13 heavy (non-hydrogen) atoms. The lowest BCUT2D eigenvalue weighted by Crippen LogP contribution is -2.26. The third kappa shape index (κ3) is 6.51. The number of carbonyl (C=O) groups is 1. The molecule has 0 spiro atoms. The van der Waals surface area contributed by atoms with Crippen LogP contribution in [0.3, 0.4) is 0 Å². The largest absolute Gasteiger partial charge is 0.462 e. The lowest BCUT2D eigenvalue weighted by Gasteiger charge is -2.11. The van der Waals surface area contributed by atoms with Gasteiger partial charge < -0.3 is 4.74 Å². The Morgan fingerprint density at radius 1 is 1.38 bits per heavy atom. The van der Waals surface area contributed by atoms with Gasteiger partial charge in [-0.2, -0.15) is 0 Å². The van der Waals surface area contributed by atoms with E-state index < -0.39 is 8.07 Å². The van der Waals surface area contributed by atoms with Crippen LogP contribution in [0.4, 0.5) is 0 Å². The molecule has 76 valence electrons. The van der Waals surface area contributed by atoms with Crippen molar-refractivity contribution < 1.29 is 9.53 Å². The van der Waals surface area contributed by atoms with E-state index in [1.54, 1.807) is 13.8 Å². The monoisotopic (exact) mass is 201 g/mol. The molecule has 3 nitrogen and oxygen atoms in total. The van der Waals surface area contributed by atoms with Crippen LogP contribution in [0.25, 0.3) is 0 Å². The average molecular weight is 201 g/mol. The van der Waals surface area contributed by atoms with Crippen LogP contribution in [-0.2, 0) is 9.53 Å². The minimum absolute atomic E-state index is 0.291. The summed E-state index contributed by atoms with van der Waals surface area (Å²) in [7, 11) is -1.18. The average Bonchev–Trinajstić information content (AvgIpc) is 1.99. The Labute approximate surface area is 81.2 Å². The van der Waals surface area contributed by atoms with Crippen molar-refractivity contribution in [3.05, 3.63) is 0 Å². The van der Waals surface area contributed by atoms with Gasteiger partial charge in [-0.3, -0.25) is 4.99 Å². The predicted octanol–water partition coefficient (Wildman–Crippen LogP) is 1.89. The van der Waals surface area contributed by atoms with Crippen molar-refractivity contribution in [1.82, 2.24) is 0 Å². The van der Waals surface area contributed by atoms with E-state index >= 15 is 0 Å². The fourth-order valence-electron chi connectivity index (χ4n) is 0.656. The maximum atomic E-state index is 11.1.